The van der Waals surface area contributed by atoms with Gasteiger partial charge in [0.05, 0.1) is 10.3 Å². The maximum Gasteiger partial charge on any atom is 0.341 e. The smallest absolute Gasteiger partial charge is 0.341 e. The van der Waals surface area contributed by atoms with Gasteiger partial charge in [-0.15, -0.1) is 11.3 Å². The maximum absolute atomic E-state index is 12.3. The molecule has 0 radical (unpaired) electrons. The lowest BCUT2D eigenvalue weighted by Gasteiger charge is -2.11. The number of hydrogen-bond donors (Lipinski definition) is 3. The number of carbonyl (C=O) groups is 2. The van der Waals surface area contributed by atoms with E-state index in [4.69, 9.17) is 20.9 Å². The molecule has 4 aromatic rings. The van der Waals surface area contributed by atoms with Crippen LogP contribution in [0.2, 0.25) is 0 Å². The van der Waals surface area contributed by atoms with Gasteiger partial charge in [0.15, 0.2) is 12.4 Å². The summed E-state index contributed by atoms with van der Waals surface area (Å²) in [5.74, 6) is 0.819. The van der Waals surface area contributed by atoms with Gasteiger partial charge >= 0.3 is 5.97 Å². The number of benzene rings is 1. The lowest BCUT2D eigenvalue weighted by Crippen LogP contribution is -2.21. The van der Waals surface area contributed by atoms with Gasteiger partial charge in [0, 0.05) is 22.7 Å². The van der Waals surface area contributed by atoms with Crippen molar-refractivity contribution in [3.63, 3.8) is 0 Å². The summed E-state index contributed by atoms with van der Waals surface area (Å²) in [4.78, 5) is 31.7. The summed E-state index contributed by atoms with van der Waals surface area (Å²) in [5.41, 5.74) is 13.9. The summed E-state index contributed by atoms with van der Waals surface area (Å²) in [7, 11) is 0. The Labute approximate surface area is 186 Å². The van der Waals surface area contributed by atoms with Crippen molar-refractivity contribution in [1.29, 1.82) is 0 Å². The molecule has 0 aliphatic heterocycles. The number of primary amides is 1. The van der Waals surface area contributed by atoms with Crippen molar-refractivity contribution in [3.8, 4) is 17.1 Å². The van der Waals surface area contributed by atoms with Crippen LogP contribution in [0.25, 0.3) is 21.5 Å². The Hall–Kier alpha value is -3.99. The third-order valence-electron chi connectivity index (χ3n) is 4.69. The number of carbonyl (C=O) groups excluding carboxylic acids is 2. The van der Waals surface area contributed by atoms with Crippen LogP contribution in [-0.2, 0) is 16.1 Å². The summed E-state index contributed by atoms with van der Waals surface area (Å²) >= 11 is 1.32. The fraction of sp³-hybridized carbons (Fsp3) is 0.190. The molecule has 3 heterocycles. The van der Waals surface area contributed by atoms with Crippen molar-refractivity contribution in [2.45, 2.75) is 20.5 Å². The Morgan fingerprint density at radius 3 is 2.78 bits per heavy atom. The SMILES string of the molecule is Cc1nc(-c2ccc(C)c(OCc3csc4c(C(=O)OCC(N)=O)cnc(N)c34)c2)n[nH]1. The minimum atomic E-state index is -0.740. The molecule has 10 nitrogen and oxygen atoms in total. The largest absolute Gasteiger partial charge is 0.489 e. The first-order valence-electron chi connectivity index (χ1n) is 9.56. The minimum Gasteiger partial charge on any atom is -0.489 e. The van der Waals surface area contributed by atoms with Crippen molar-refractivity contribution in [2.24, 2.45) is 5.73 Å². The molecule has 3 aromatic heterocycles. The standard InChI is InChI=1S/C21H20N6O4S/c1-10-3-4-12(20-25-11(2)26-27-20)5-15(10)30-7-13-9-32-18-14(6-24-19(23)17(13)18)21(29)31-8-16(22)28/h3-6,9H,7-8H2,1-2H3,(H2,22,28)(H2,23,24)(H,25,26,27). The van der Waals surface area contributed by atoms with Gasteiger partial charge in [-0.1, -0.05) is 12.1 Å². The van der Waals surface area contributed by atoms with Gasteiger partial charge in [-0.25, -0.2) is 14.8 Å². The number of amides is 1. The molecule has 0 saturated carbocycles. The Balaban J connectivity index is 1.60. The van der Waals surface area contributed by atoms with Crippen molar-refractivity contribution in [1.82, 2.24) is 20.2 Å². The molecule has 32 heavy (non-hydrogen) atoms. The van der Waals surface area contributed by atoms with E-state index in [1.165, 1.54) is 17.5 Å². The van der Waals surface area contributed by atoms with Crippen LogP contribution < -0.4 is 16.2 Å². The molecule has 0 spiro atoms. The number of aromatic nitrogens is 4. The lowest BCUT2D eigenvalue weighted by molar-refractivity contribution is -0.121. The molecule has 11 heteroatoms. The fourth-order valence-electron chi connectivity index (χ4n) is 3.12. The highest BCUT2D eigenvalue weighted by atomic mass is 32.1. The van der Waals surface area contributed by atoms with Crippen molar-refractivity contribution < 1.29 is 19.1 Å². The van der Waals surface area contributed by atoms with Crippen LogP contribution in [0.3, 0.4) is 0 Å². The Bertz CT molecular complexity index is 1330. The van der Waals surface area contributed by atoms with Crippen molar-refractivity contribution >= 4 is 39.1 Å². The molecule has 5 N–H and O–H groups in total. The van der Waals surface area contributed by atoms with E-state index < -0.39 is 18.5 Å². The monoisotopic (exact) mass is 452 g/mol. The number of aromatic amines is 1. The molecular formula is C21H20N6O4S. The van der Waals surface area contributed by atoms with Crippen LogP contribution in [0.5, 0.6) is 5.75 Å². The van der Waals surface area contributed by atoms with E-state index >= 15 is 0 Å². The van der Waals surface area contributed by atoms with Crippen LogP contribution >= 0.6 is 11.3 Å². The molecule has 0 atom stereocenters. The van der Waals surface area contributed by atoms with Gasteiger partial charge < -0.3 is 20.9 Å². The zero-order valence-electron chi connectivity index (χ0n) is 17.3. The average molecular weight is 452 g/mol. The highest BCUT2D eigenvalue weighted by Gasteiger charge is 2.19. The van der Waals surface area contributed by atoms with E-state index in [-0.39, 0.29) is 18.0 Å². The number of nitrogens with zero attached hydrogens (tertiary/aromatic N) is 3. The number of hydrogen-bond acceptors (Lipinski definition) is 9. The fourth-order valence-corrected chi connectivity index (χ4v) is 4.18. The molecule has 0 fully saturated rings. The van der Waals surface area contributed by atoms with Gasteiger partial charge in [-0.05, 0) is 30.9 Å². The Morgan fingerprint density at radius 2 is 2.06 bits per heavy atom. The van der Waals surface area contributed by atoms with Gasteiger partial charge in [-0.2, -0.15) is 5.10 Å². The van der Waals surface area contributed by atoms with E-state index in [9.17, 15) is 9.59 Å². The summed E-state index contributed by atoms with van der Waals surface area (Å²) < 4.78 is 11.6. The van der Waals surface area contributed by atoms with E-state index in [0.29, 0.717) is 21.7 Å². The average Bonchev–Trinajstić information content (AvgIpc) is 3.39. The molecule has 0 aliphatic carbocycles. The predicted octanol–water partition coefficient (Wildman–Crippen LogP) is 2.50. The number of ether oxygens (including phenoxy) is 2. The molecule has 1 aromatic carbocycles. The highest BCUT2D eigenvalue weighted by molar-refractivity contribution is 7.17. The lowest BCUT2D eigenvalue weighted by atomic mass is 10.1. The van der Waals surface area contributed by atoms with Crippen LogP contribution in [0.4, 0.5) is 5.82 Å². The molecule has 4 rings (SSSR count). The number of rotatable bonds is 7. The summed E-state index contributed by atoms with van der Waals surface area (Å²) in [6, 6.07) is 5.74. The number of thiophene rings is 1. The summed E-state index contributed by atoms with van der Waals surface area (Å²) in [5, 5.41) is 9.48. The molecule has 0 unspecified atom stereocenters. The van der Waals surface area contributed by atoms with E-state index in [1.54, 1.807) is 0 Å². The second-order valence-electron chi connectivity index (χ2n) is 7.08. The Morgan fingerprint density at radius 1 is 1.25 bits per heavy atom. The van der Waals surface area contributed by atoms with Gasteiger partial charge in [-0.3, -0.25) is 9.89 Å². The molecule has 0 aliphatic rings. The summed E-state index contributed by atoms with van der Waals surface area (Å²) in [6.45, 7) is 3.48. The predicted molar refractivity (Wildman–Crippen MR) is 119 cm³/mol. The molecule has 0 bridgehead atoms. The van der Waals surface area contributed by atoms with Crippen molar-refractivity contribution in [2.75, 3.05) is 12.3 Å². The molecule has 164 valence electrons. The van der Waals surface area contributed by atoms with Crippen molar-refractivity contribution in [3.05, 3.63) is 52.3 Å². The minimum absolute atomic E-state index is 0.211. The van der Waals surface area contributed by atoms with Crippen LogP contribution in [0.1, 0.15) is 27.3 Å². The number of aryl methyl sites for hydroxylation is 2. The van der Waals surface area contributed by atoms with E-state index in [2.05, 4.69) is 20.2 Å². The van der Waals surface area contributed by atoms with E-state index in [0.717, 1.165) is 22.5 Å². The number of nitrogens with two attached hydrogens (primary N) is 2. The Kier molecular flexibility index (Phi) is 5.73. The topological polar surface area (TPSA) is 159 Å². The first kappa shape index (κ1) is 21.2. The molecule has 1 amide bonds. The summed E-state index contributed by atoms with van der Waals surface area (Å²) in [6.07, 6.45) is 1.33. The highest BCUT2D eigenvalue weighted by Crippen LogP contribution is 2.34. The van der Waals surface area contributed by atoms with Gasteiger partial charge in [0.25, 0.3) is 5.91 Å². The number of fused-ring (bicyclic) bond motifs is 1. The first-order valence-corrected chi connectivity index (χ1v) is 10.4. The molecule has 0 saturated heterocycles. The number of nitrogens with one attached hydrogen (secondary N) is 1. The third-order valence-corrected chi connectivity index (χ3v) is 5.75. The second kappa shape index (κ2) is 8.63. The third kappa shape index (κ3) is 4.23. The zero-order chi connectivity index (χ0) is 22.8. The normalized spacial score (nSPS) is 10.9. The first-order chi connectivity index (χ1) is 15.3. The van der Waals surface area contributed by atoms with Crippen LogP contribution in [0.15, 0.2) is 29.8 Å². The number of nitrogen functional groups attached to an aromatic ring is 1. The number of pyridine rings is 1. The van der Waals surface area contributed by atoms with Gasteiger partial charge in [0.2, 0.25) is 0 Å². The molecular weight excluding hydrogens is 432 g/mol. The quantitative estimate of drug-likeness (QED) is 0.361. The second-order valence-corrected chi connectivity index (χ2v) is 7.96. The van der Waals surface area contributed by atoms with Crippen LogP contribution in [0, 0.1) is 13.8 Å². The number of esters is 1. The van der Waals surface area contributed by atoms with Gasteiger partial charge in [0.1, 0.15) is 24.0 Å². The number of anilines is 1. The maximum atomic E-state index is 12.3. The van der Waals surface area contributed by atoms with Crippen LogP contribution in [-0.4, -0.2) is 38.6 Å². The van der Waals surface area contributed by atoms with E-state index in [1.807, 2.05) is 37.4 Å². The number of H-pyrrole nitrogens is 1. The zero-order valence-corrected chi connectivity index (χ0v) is 18.2.